The van der Waals surface area contributed by atoms with Gasteiger partial charge in [0.25, 0.3) is 0 Å². The van der Waals surface area contributed by atoms with Crippen molar-refractivity contribution in [1.29, 1.82) is 0 Å². The normalized spacial score (nSPS) is 11.3. The van der Waals surface area contributed by atoms with E-state index in [9.17, 15) is 9.59 Å². The molecule has 3 rings (SSSR count). The van der Waals surface area contributed by atoms with Crippen LogP contribution in [-0.2, 0) is 10.2 Å². The van der Waals surface area contributed by atoms with E-state index in [1.54, 1.807) is 16.8 Å². The van der Waals surface area contributed by atoms with Crippen LogP contribution < -0.4 is 10.6 Å². The summed E-state index contributed by atoms with van der Waals surface area (Å²) in [6.45, 7) is 14.5. The Kier molecular flexibility index (Phi) is 8.46. The van der Waals surface area contributed by atoms with Gasteiger partial charge in [0.15, 0.2) is 0 Å². The molecule has 0 fully saturated rings. The predicted molar refractivity (Wildman–Crippen MR) is 147 cm³/mol. The van der Waals surface area contributed by atoms with Crippen LogP contribution in [0.4, 0.5) is 16.3 Å². The van der Waals surface area contributed by atoms with Crippen LogP contribution in [0.3, 0.4) is 0 Å². The number of rotatable bonds is 7. The Labute approximate surface area is 218 Å². The van der Waals surface area contributed by atoms with Crippen LogP contribution in [0.1, 0.15) is 56.5 Å². The van der Waals surface area contributed by atoms with E-state index in [2.05, 4.69) is 31.4 Å². The summed E-state index contributed by atoms with van der Waals surface area (Å²) in [4.78, 5) is 27.6. The Hall–Kier alpha value is -3.32. The Balaban J connectivity index is 1.83. The van der Waals surface area contributed by atoms with E-state index in [1.807, 2.05) is 58.0 Å². The number of urea groups is 1. The highest BCUT2D eigenvalue weighted by Crippen LogP contribution is 2.28. The zero-order valence-corrected chi connectivity index (χ0v) is 23.0. The molecule has 0 aliphatic carbocycles. The molecule has 0 bridgehead atoms. The number of benzene rings is 2. The molecule has 2 N–H and O–H groups in total. The molecule has 7 nitrogen and oxygen atoms in total. The van der Waals surface area contributed by atoms with E-state index in [4.69, 9.17) is 16.7 Å². The lowest BCUT2D eigenvalue weighted by atomic mass is 9.92. The number of nitrogens with one attached hydrogen (secondary N) is 2. The molecule has 8 heteroatoms. The lowest BCUT2D eigenvalue weighted by Crippen LogP contribution is -2.41. The second-order valence-corrected chi connectivity index (χ2v) is 10.6. The third-order valence-corrected chi connectivity index (χ3v) is 6.50. The van der Waals surface area contributed by atoms with Crippen LogP contribution in [0.5, 0.6) is 0 Å². The van der Waals surface area contributed by atoms with Gasteiger partial charge in [-0.05, 0) is 62.1 Å². The first-order chi connectivity index (χ1) is 16.9. The molecule has 2 aromatic carbocycles. The molecule has 0 spiro atoms. The van der Waals surface area contributed by atoms with Crippen molar-refractivity contribution in [3.63, 3.8) is 0 Å². The van der Waals surface area contributed by atoms with E-state index < -0.39 is 0 Å². The monoisotopic (exact) mass is 509 g/mol. The number of nitrogens with zero attached hydrogens (tertiary/aromatic N) is 3. The maximum atomic E-state index is 13.2. The van der Waals surface area contributed by atoms with Gasteiger partial charge in [0.1, 0.15) is 12.4 Å². The van der Waals surface area contributed by atoms with E-state index in [0.29, 0.717) is 29.5 Å². The maximum Gasteiger partial charge on any atom is 0.322 e. The minimum atomic E-state index is -0.356. The molecule has 1 aromatic heterocycles. The van der Waals surface area contributed by atoms with Gasteiger partial charge in [-0.1, -0.05) is 57.5 Å². The first-order valence-electron chi connectivity index (χ1n) is 12.2. The number of aromatic nitrogens is 2. The number of carbonyl (C=O) groups excluding carboxylic acids is 2. The van der Waals surface area contributed by atoms with Crippen molar-refractivity contribution in [2.45, 2.75) is 60.3 Å². The summed E-state index contributed by atoms with van der Waals surface area (Å²) in [5, 5.41) is 11.2. The molecule has 0 atom stereocenters. The quantitative estimate of drug-likeness (QED) is 0.375. The van der Waals surface area contributed by atoms with E-state index >= 15 is 0 Å². The second-order valence-electron chi connectivity index (χ2n) is 10.2. The molecular formula is C28H36ClN5O2. The summed E-state index contributed by atoms with van der Waals surface area (Å²) in [7, 11) is 0. The highest BCUT2D eigenvalue weighted by Gasteiger charge is 2.23. The minimum Gasteiger partial charge on any atom is -0.315 e. The number of amides is 3. The first kappa shape index (κ1) is 27.3. The van der Waals surface area contributed by atoms with Gasteiger partial charge in [0, 0.05) is 28.7 Å². The van der Waals surface area contributed by atoms with Crippen molar-refractivity contribution in [3.05, 3.63) is 69.9 Å². The fourth-order valence-corrected chi connectivity index (χ4v) is 3.92. The van der Waals surface area contributed by atoms with Crippen LogP contribution in [0, 0.1) is 20.8 Å². The fourth-order valence-electron chi connectivity index (χ4n) is 3.74. The number of hydrogen-bond donors (Lipinski definition) is 2. The predicted octanol–water partition coefficient (Wildman–Crippen LogP) is 6.63. The van der Waals surface area contributed by atoms with Gasteiger partial charge in [-0.15, -0.1) is 0 Å². The molecule has 0 saturated heterocycles. The summed E-state index contributed by atoms with van der Waals surface area (Å²) in [6.07, 6.45) is 0.712. The molecule has 0 aliphatic rings. The molecule has 3 amide bonds. The molecule has 0 radical (unpaired) electrons. The van der Waals surface area contributed by atoms with Crippen molar-refractivity contribution in [1.82, 2.24) is 14.7 Å². The van der Waals surface area contributed by atoms with Crippen LogP contribution >= 0.6 is 11.6 Å². The Bertz CT molecular complexity index is 1260. The number of halogens is 1. The zero-order valence-electron chi connectivity index (χ0n) is 22.2. The van der Waals surface area contributed by atoms with Crippen molar-refractivity contribution in [2.24, 2.45) is 0 Å². The first-order valence-corrected chi connectivity index (χ1v) is 12.6. The topological polar surface area (TPSA) is 79.3 Å². The third-order valence-electron chi connectivity index (χ3n) is 6.09. The molecule has 0 aliphatic heterocycles. The molecule has 1 heterocycles. The number of aryl methyl sites for hydroxylation is 2. The largest absolute Gasteiger partial charge is 0.322 e. The minimum absolute atomic E-state index is 0.0951. The van der Waals surface area contributed by atoms with Crippen LogP contribution in [0.25, 0.3) is 5.69 Å². The van der Waals surface area contributed by atoms with E-state index in [-0.39, 0.29) is 23.9 Å². The van der Waals surface area contributed by atoms with Gasteiger partial charge in [-0.3, -0.25) is 4.79 Å². The summed E-state index contributed by atoms with van der Waals surface area (Å²) >= 11 is 6.20. The summed E-state index contributed by atoms with van der Waals surface area (Å²) in [5.74, 6) is 0.272. The van der Waals surface area contributed by atoms with Crippen LogP contribution in [0.2, 0.25) is 5.02 Å². The lowest BCUT2D eigenvalue weighted by molar-refractivity contribution is -0.116. The average molecular weight is 510 g/mol. The molecule has 0 unspecified atom stereocenters. The Morgan fingerprint density at radius 3 is 2.39 bits per heavy atom. The molecular weight excluding hydrogens is 474 g/mol. The highest BCUT2D eigenvalue weighted by molar-refractivity contribution is 6.31. The number of hydrogen-bond acceptors (Lipinski definition) is 3. The number of anilines is 2. The van der Waals surface area contributed by atoms with Crippen molar-refractivity contribution >= 4 is 35.0 Å². The van der Waals surface area contributed by atoms with Crippen LogP contribution in [0.15, 0.2) is 42.5 Å². The molecule has 0 saturated carbocycles. The van der Waals surface area contributed by atoms with Gasteiger partial charge in [-0.2, -0.15) is 5.10 Å². The van der Waals surface area contributed by atoms with Gasteiger partial charge >= 0.3 is 6.03 Å². The molecule has 36 heavy (non-hydrogen) atoms. The van der Waals surface area contributed by atoms with Crippen molar-refractivity contribution in [2.75, 3.05) is 23.7 Å². The van der Waals surface area contributed by atoms with Gasteiger partial charge < -0.3 is 15.5 Å². The summed E-state index contributed by atoms with van der Waals surface area (Å²) in [5.41, 5.74) is 5.29. The highest BCUT2D eigenvalue weighted by atomic mass is 35.5. The summed E-state index contributed by atoms with van der Waals surface area (Å²) < 4.78 is 1.78. The smallest absolute Gasteiger partial charge is 0.315 e. The van der Waals surface area contributed by atoms with Gasteiger partial charge in [-0.25, -0.2) is 9.48 Å². The van der Waals surface area contributed by atoms with Gasteiger partial charge in [0.2, 0.25) is 5.91 Å². The van der Waals surface area contributed by atoms with Crippen molar-refractivity contribution < 1.29 is 9.59 Å². The van der Waals surface area contributed by atoms with Crippen LogP contribution in [-0.4, -0.2) is 39.7 Å². The summed E-state index contributed by atoms with van der Waals surface area (Å²) in [6, 6.07) is 12.9. The Morgan fingerprint density at radius 2 is 1.75 bits per heavy atom. The fraction of sp³-hybridized carbons (Fsp3) is 0.393. The van der Waals surface area contributed by atoms with E-state index in [1.165, 1.54) is 4.90 Å². The van der Waals surface area contributed by atoms with Gasteiger partial charge in [0.05, 0.1) is 11.4 Å². The Morgan fingerprint density at radius 1 is 1.03 bits per heavy atom. The standard InChI is InChI=1S/C28H36ClN5O2/c1-8-14-33(27(36)30-21-13-12-19(3)22(29)15-21)17-26(35)31-25-16-24(28(5,6)7)32-34(25)23-11-9-10-18(2)20(23)4/h9-13,15-16H,8,14,17H2,1-7H3,(H,30,36)(H,31,35). The average Bonchev–Trinajstić information content (AvgIpc) is 3.21. The number of carbonyl (C=O) groups is 2. The maximum absolute atomic E-state index is 13.2. The second kappa shape index (κ2) is 11.2. The molecule has 3 aromatic rings. The van der Waals surface area contributed by atoms with E-state index in [0.717, 1.165) is 28.1 Å². The third kappa shape index (κ3) is 6.46. The molecule has 192 valence electrons. The SMILES string of the molecule is CCCN(CC(=O)Nc1cc(C(C)(C)C)nn1-c1cccc(C)c1C)C(=O)Nc1ccc(C)c(Cl)c1. The lowest BCUT2D eigenvalue weighted by Gasteiger charge is -2.22. The van der Waals surface area contributed by atoms with Crippen molar-refractivity contribution in [3.8, 4) is 5.69 Å². The zero-order chi connectivity index (χ0) is 26.6.